The molecule has 21 heavy (non-hydrogen) atoms. The molecule has 118 valence electrons. The lowest BCUT2D eigenvalue weighted by Gasteiger charge is -2.33. The van der Waals surface area contributed by atoms with Gasteiger partial charge in [-0.2, -0.15) is 0 Å². The summed E-state index contributed by atoms with van der Waals surface area (Å²) in [5, 5.41) is 0. The molecule has 2 fully saturated rings. The maximum Gasteiger partial charge on any atom is 0.222 e. The summed E-state index contributed by atoms with van der Waals surface area (Å²) in [6.45, 7) is 4.78. The van der Waals surface area contributed by atoms with Crippen molar-refractivity contribution in [1.29, 1.82) is 0 Å². The molecule has 0 atom stereocenters. The van der Waals surface area contributed by atoms with Crippen LogP contribution in [0.2, 0.25) is 0 Å². The first-order valence-corrected chi connectivity index (χ1v) is 8.26. The third kappa shape index (κ3) is 4.39. The number of carbonyl (C=O) groups is 3. The molecule has 1 amide bonds. The number of amides is 1. The Kier molecular flexibility index (Phi) is 5.54. The number of ketones is 2. The molecule has 1 saturated heterocycles. The number of rotatable bonds is 4. The van der Waals surface area contributed by atoms with Gasteiger partial charge in [0.25, 0.3) is 0 Å². The Morgan fingerprint density at radius 3 is 1.76 bits per heavy atom. The Morgan fingerprint density at radius 2 is 1.29 bits per heavy atom. The summed E-state index contributed by atoms with van der Waals surface area (Å²) in [7, 11) is 0. The predicted molar refractivity (Wildman–Crippen MR) is 80.7 cm³/mol. The number of hydrogen-bond acceptors (Lipinski definition) is 3. The van der Waals surface area contributed by atoms with E-state index in [0.717, 1.165) is 51.6 Å². The molecule has 0 N–H and O–H groups in total. The first-order chi connectivity index (χ1) is 9.97. The number of carbonyl (C=O) groups excluding carboxylic acids is 3. The minimum Gasteiger partial charge on any atom is -0.343 e. The molecule has 2 aliphatic rings. The van der Waals surface area contributed by atoms with Crippen LogP contribution in [-0.2, 0) is 14.4 Å². The minimum atomic E-state index is 0.153. The van der Waals surface area contributed by atoms with Crippen LogP contribution in [-0.4, -0.2) is 35.5 Å². The summed E-state index contributed by atoms with van der Waals surface area (Å²) in [6.07, 6.45) is 6.14. The number of Topliss-reactive ketones (excluding diaryl/α,β-unsaturated/α-hetero) is 2. The van der Waals surface area contributed by atoms with Crippen LogP contribution < -0.4 is 0 Å². The van der Waals surface area contributed by atoms with E-state index < -0.39 is 0 Å². The van der Waals surface area contributed by atoms with Crippen molar-refractivity contribution in [1.82, 2.24) is 4.90 Å². The molecule has 1 heterocycles. The van der Waals surface area contributed by atoms with E-state index in [1.54, 1.807) is 13.8 Å². The lowest BCUT2D eigenvalue weighted by molar-refractivity contribution is -0.135. The zero-order valence-corrected chi connectivity index (χ0v) is 13.3. The Labute approximate surface area is 127 Å². The lowest BCUT2D eigenvalue weighted by Crippen LogP contribution is -2.40. The summed E-state index contributed by atoms with van der Waals surface area (Å²) in [5.41, 5.74) is 0. The van der Waals surface area contributed by atoms with Crippen LogP contribution in [0.25, 0.3) is 0 Å². The van der Waals surface area contributed by atoms with Crippen molar-refractivity contribution in [3.05, 3.63) is 0 Å². The second-order valence-electron chi connectivity index (χ2n) is 6.80. The van der Waals surface area contributed by atoms with Crippen LogP contribution in [0.15, 0.2) is 0 Å². The zero-order valence-electron chi connectivity index (χ0n) is 13.3. The molecule has 0 aromatic carbocycles. The van der Waals surface area contributed by atoms with Gasteiger partial charge in [0.1, 0.15) is 11.6 Å². The molecule has 1 saturated carbocycles. The Morgan fingerprint density at radius 1 is 0.810 bits per heavy atom. The van der Waals surface area contributed by atoms with Crippen LogP contribution in [0.3, 0.4) is 0 Å². The van der Waals surface area contributed by atoms with Crippen LogP contribution in [0.4, 0.5) is 0 Å². The number of likely N-dealkylation sites (tertiary alicyclic amines) is 1. The summed E-state index contributed by atoms with van der Waals surface area (Å²) in [6, 6.07) is 0. The third-order valence-electron chi connectivity index (χ3n) is 5.31. The van der Waals surface area contributed by atoms with Gasteiger partial charge in [0, 0.05) is 31.3 Å². The monoisotopic (exact) mass is 293 g/mol. The molecule has 0 unspecified atom stereocenters. The summed E-state index contributed by atoms with van der Waals surface area (Å²) >= 11 is 0. The molecular weight excluding hydrogens is 266 g/mol. The van der Waals surface area contributed by atoms with Crippen molar-refractivity contribution in [3.63, 3.8) is 0 Å². The first-order valence-electron chi connectivity index (χ1n) is 8.26. The maximum atomic E-state index is 12.3. The van der Waals surface area contributed by atoms with Crippen molar-refractivity contribution in [2.45, 2.75) is 58.8 Å². The van der Waals surface area contributed by atoms with Crippen molar-refractivity contribution < 1.29 is 14.4 Å². The summed E-state index contributed by atoms with van der Waals surface area (Å²) in [4.78, 5) is 37.0. The second-order valence-corrected chi connectivity index (χ2v) is 6.80. The smallest absolute Gasteiger partial charge is 0.222 e. The number of piperidine rings is 1. The zero-order chi connectivity index (χ0) is 15.4. The van der Waals surface area contributed by atoms with E-state index in [2.05, 4.69) is 0 Å². The van der Waals surface area contributed by atoms with Gasteiger partial charge < -0.3 is 4.90 Å². The van der Waals surface area contributed by atoms with E-state index >= 15 is 0 Å². The molecule has 1 aliphatic heterocycles. The van der Waals surface area contributed by atoms with Crippen LogP contribution in [0.1, 0.15) is 58.8 Å². The van der Waals surface area contributed by atoms with Crippen LogP contribution in [0, 0.1) is 17.8 Å². The molecule has 0 aromatic rings. The van der Waals surface area contributed by atoms with E-state index in [1.807, 2.05) is 4.90 Å². The highest BCUT2D eigenvalue weighted by Crippen LogP contribution is 2.32. The SMILES string of the molecule is CC(=O)C1CCC(CC(=O)N2CCC(C(C)=O)CC2)CC1. The van der Waals surface area contributed by atoms with Crippen LogP contribution >= 0.6 is 0 Å². The van der Waals surface area contributed by atoms with E-state index in [-0.39, 0.29) is 23.5 Å². The molecular formula is C17H27NO3. The van der Waals surface area contributed by atoms with Crippen LogP contribution in [0.5, 0.6) is 0 Å². The average molecular weight is 293 g/mol. The highest BCUT2D eigenvalue weighted by Gasteiger charge is 2.29. The number of nitrogens with zero attached hydrogens (tertiary/aromatic N) is 1. The number of hydrogen-bond donors (Lipinski definition) is 0. The van der Waals surface area contributed by atoms with Gasteiger partial charge in [-0.1, -0.05) is 0 Å². The Balaban J connectivity index is 1.73. The lowest BCUT2D eigenvalue weighted by atomic mass is 9.79. The highest BCUT2D eigenvalue weighted by molar-refractivity contribution is 5.80. The Bertz CT molecular complexity index is 402. The fourth-order valence-corrected chi connectivity index (χ4v) is 3.68. The summed E-state index contributed by atoms with van der Waals surface area (Å²) < 4.78 is 0. The summed E-state index contributed by atoms with van der Waals surface area (Å²) in [5.74, 6) is 1.61. The van der Waals surface area contributed by atoms with Gasteiger partial charge in [-0.05, 0) is 58.3 Å². The van der Waals surface area contributed by atoms with E-state index in [9.17, 15) is 14.4 Å². The second kappa shape index (κ2) is 7.19. The molecule has 0 radical (unpaired) electrons. The highest BCUT2D eigenvalue weighted by atomic mass is 16.2. The van der Waals surface area contributed by atoms with Gasteiger partial charge in [0.2, 0.25) is 5.91 Å². The van der Waals surface area contributed by atoms with Gasteiger partial charge in [0.15, 0.2) is 0 Å². The fourth-order valence-electron chi connectivity index (χ4n) is 3.68. The predicted octanol–water partition coefficient (Wildman–Crippen LogP) is 2.60. The van der Waals surface area contributed by atoms with Gasteiger partial charge in [-0.3, -0.25) is 14.4 Å². The largest absolute Gasteiger partial charge is 0.343 e. The molecule has 2 rings (SSSR count). The normalized spacial score (nSPS) is 27.4. The van der Waals surface area contributed by atoms with Crippen molar-refractivity contribution in [3.8, 4) is 0 Å². The van der Waals surface area contributed by atoms with Gasteiger partial charge in [-0.15, -0.1) is 0 Å². The van der Waals surface area contributed by atoms with Crippen molar-refractivity contribution in [2.24, 2.45) is 17.8 Å². The standard InChI is InChI=1S/C17H27NO3/c1-12(19)15-5-3-14(4-6-15)11-17(21)18-9-7-16(8-10-18)13(2)20/h14-16H,3-11H2,1-2H3. The topological polar surface area (TPSA) is 54.5 Å². The van der Waals surface area contributed by atoms with E-state index in [0.29, 0.717) is 18.1 Å². The first kappa shape index (κ1) is 16.2. The van der Waals surface area contributed by atoms with Gasteiger partial charge >= 0.3 is 0 Å². The molecule has 0 aromatic heterocycles. The van der Waals surface area contributed by atoms with Crippen molar-refractivity contribution >= 4 is 17.5 Å². The van der Waals surface area contributed by atoms with Crippen molar-refractivity contribution in [2.75, 3.05) is 13.1 Å². The molecule has 1 aliphatic carbocycles. The molecule has 0 spiro atoms. The molecule has 0 bridgehead atoms. The minimum absolute atomic E-state index is 0.153. The Hall–Kier alpha value is -1.19. The molecule has 4 nitrogen and oxygen atoms in total. The van der Waals surface area contributed by atoms with Gasteiger partial charge in [0.05, 0.1) is 0 Å². The average Bonchev–Trinajstić information content (AvgIpc) is 2.47. The quantitative estimate of drug-likeness (QED) is 0.800. The molecule has 4 heteroatoms. The van der Waals surface area contributed by atoms with E-state index in [1.165, 1.54) is 0 Å². The van der Waals surface area contributed by atoms with E-state index in [4.69, 9.17) is 0 Å². The third-order valence-corrected chi connectivity index (χ3v) is 5.31. The van der Waals surface area contributed by atoms with Gasteiger partial charge in [-0.25, -0.2) is 0 Å². The fraction of sp³-hybridized carbons (Fsp3) is 0.824. The maximum absolute atomic E-state index is 12.3.